The van der Waals surface area contributed by atoms with Crippen LogP contribution in [0.3, 0.4) is 0 Å². The first-order valence-electron chi connectivity index (χ1n) is 8.27. The summed E-state index contributed by atoms with van der Waals surface area (Å²) in [6.07, 6.45) is 1.84. The van der Waals surface area contributed by atoms with E-state index in [4.69, 9.17) is 0 Å². The quantitative estimate of drug-likeness (QED) is 0.450. The Morgan fingerprint density at radius 1 is 1.15 bits per heavy atom. The number of rotatable bonds is 7. The maximum Gasteiger partial charge on any atom is 0.192 e. The average molecular weight is 368 g/mol. The summed E-state index contributed by atoms with van der Waals surface area (Å²) in [6.45, 7) is 4.47. The fourth-order valence-corrected chi connectivity index (χ4v) is 3.46. The van der Waals surface area contributed by atoms with E-state index in [0.717, 1.165) is 27.8 Å². The fraction of sp³-hybridized carbons (Fsp3) is 0.200. The average Bonchev–Trinajstić information content (AvgIpc) is 3.04. The van der Waals surface area contributed by atoms with Crippen LogP contribution < -0.4 is 4.90 Å². The molecule has 1 aromatic heterocycles. The molecule has 3 aromatic rings. The molecular weight excluding hydrogens is 347 g/mol. The first-order chi connectivity index (χ1) is 12.6. The SMILES string of the molecule is C=CCn1c(SCc2ccc(F)cc2)nnc1-c1cccc(N(C)C)c1. The van der Waals surface area contributed by atoms with Gasteiger partial charge in [0.1, 0.15) is 5.82 Å². The number of thioether (sulfide) groups is 1. The summed E-state index contributed by atoms with van der Waals surface area (Å²) in [5.41, 5.74) is 3.16. The van der Waals surface area contributed by atoms with Gasteiger partial charge in [0.25, 0.3) is 0 Å². The van der Waals surface area contributed by atoms with Crippen LogP contribution in [0.1, 0.15) is 5.56 Å². The number of halogens is 1. The monoisotopic (exact) mass is 368 g/mol. The van der Waals surface area contributed by atoms with Gasteiger partial charge in [-0.2, -0.15) is 0 Å². The molecule has 0 aliphatic rings. The molecule has 0 unspecified atom stereocenters. The normalized spacial score (nSPS) is 10.7. The van der Waals surface area contributed by atoms with Crippen molar-refractivity contribution in [2.45, 2.75) is 17.5 Å². The van der Waals surface area contributed by atoms with E-state index in [9.17, 15) is 4.39 Å². The van der Waals surface area contributed by atoms with Crippen molar-refractivity contribution < 1.29 is 4.39 Å². The molecule has 0 spiro atoms. The molecule has 0 bridgehead atoms. The largest absolute Gasteiger partial charge is 0.378 e. The lowest BCUT2D eigenvalue weighted by Crippen LogP contribution is -2.08. The fourth-order valence-electron chi connectivity index (χ4n) is 2.55. The minimum Gasteiger partial charge on any atom is -0.378 e. The standard InChI is InChI=1S/C20H21FN4S/c1-4-12-25-19(16-6-5-7-18(13-16)24(2)3)22-23-20(25)26-14-15-8-10-17(21)11-9-15/h4-11,13H,1,12,14H2,2-3H3. The molecular formula is C20H21FN4S. The van der Waals surface area contributed by atoms with Gasteiger partial charge in [-0.05, 0) is 29.8 Å². The van der Waals surface area contributed by atoms with Crippen LogP contribution in [0.5, 0.6) is 0 Å². The minimum absolute atomic E-state index is 0.225. The highest BCUT2D eigenvalue weighted by Gasteiger charge is 2.14. The van der Waals surface area contributed by atoms with Crippen molar-refractivity contribution in [1.29, 1.82) is 0 Å². The van der Waals surface area contributed by atoms with Crippen LogP contribution in [-0.2, 0) is 12.3 Å². The third-order valence-corrected chi connectivity index (χ3v) is 4.97. The summed E-state index contributed by atoms with van der Waals surface area (Å²) < 4.78 is 15.1. The molecule has 3 rings (SSSR count). The summed E-state index contributed by atoms with van der Waals surface area (Å²) in [5.74, 6) is 1.29. The van der Waals surface area contributed by atoms with Gasteiger partial charge in [-0.1, -0.05) is 42.1 Å². The zero-order valence-electron chi connectivity index (χ0n) is 14.9. The molecule has 0 saturated carbocycles. The molecule has 0 saturated heterocycles. The maximum atomic E-state index is 13.0. The summed E-state index contributed by atoms with van der Waals surface area (Å²) in [5, 5.41) is 9.58. The van der Waals surface area contributed by atoms with Gasteiger partial charge in [0, 0.05) is 37.6 Å². The highest BCUT2D eigenvalue weighted by Crippen LogP contribution is 2.28. The Balaban J connectivity index is 1.87. The second kappa shape index (κ2) is 8.19. The van der Waals surface area contributed by atoms with Crippen LogP contribution in [0.4, 0.5) is 10.1 Å². The van der Waals surface area contributed by atoms with Crippen molar-refractivity contribution >= 4 is 17.4 Å². The number of nitrogens with zero attached hydrogens (tertiary/aromatic N) is 4. The molecule has 0 amide bonds. The van der Waals surface area contributed by atoms with Gasteiger partial charge in [-0.15, -0.1) is 16.8 Å². The zero-order valence-corrected chi connectivity index (χ0v) is 15.7. The number of hydrogen-bond acceptors (Lipinski definition) is 4. The molecule has 0 radical (unpaired) electrons. The number of benzene rings is 2. The van der Waals surface area contributed by atoms with Gasteiger partial charge in [0.2, 0.25) is 0 Å². The number of allylic oxidation sites excluding steroid dienone is 1. The van der Waals surface area contributed by atoms with E-state index in [-0.39, 0.29) is 5.82 Å². The number of anilines is 1. The molecule has 0 atom stereocenters. The second-order valence-electron chi connectivity index (χ2n) is 6.07. The Kier molecular flexibility index (Phi) is 5.73. The van der Waals surface area contributed by atoms with Crippen LogP contribution >= 0.6 is 11.8 Å². The molecule has 4 nitrogen and oxygen atoms in total. The highest BCUT2D eigenvalue weighted by molar-refractivity contribution is 7.98. The summed E-state index contributed by atoms with van der Waals surface area (Å²) in [6, 6.07) is 14.7. The van der Waals surface area contributed by atoms with Crippen molar-refractivity contribution in [3.63, 3.8) is 0 Å². The van der Waals surface area contributed by atoms with Crippen molar-refractivity contribution in [2.75, 3.05) is 19.0 Å². The zero-order chi connectivity index (χ0) is 18.5. The smallest absolute Gasteiger partial charge is 0.192 e. The Hall–Kier alpha value is -2.60. The van der Waals surface area contributed by atoms with Crippen molar-refractivity contribution in [3.8, 4) is 11.4 Å². The predicted octanol–water partition coefficient (Wildman–Crippen LogP) is 4.63. The molecule has 134 valence electrons. The van der Waals surface area contributed by atoms with E-state index in [1.54, 1.807) is 23.9 Å². The van der Waals surface area contributed by atoms with E-state index in [2.05, 4.69) is 38.4 Å². The maximum absolute atomic E-state index is 13.0. The summed E-state index contributed by atoms with van der Waals surface area (Å²) in [7, 11) is 4.02. The summed E-state index contributed by atoms with van der Waals surface area (Å²) >= 11 is 1.58. The van der Waals surface area contributed by atoms with Gasteiger partial charge in [-0.25, -0.2) is 4.39 Å². The van der Waals surface area contributed by atoms with Gasteiger partial charge in [0.15, 0.2) is 11.0 Å². The van der Waals surface area contributed by atoms with E-state index in [1.807, 2.05) is 32.3 Å². The molecule has 1 heterocycles. The van der Waals surface area contributed by atoms with Crippen molar-refractivity contribution in [2.24, 2.45) is 0 Å². The topological polar surface area (TPSA) is 34.0 Å². The van der Waals surface area contributed by atoms with Gasteiger partial charge in [0.05, 0.1) is 0 Å². The van der Waals surface area contributed by atoms with Crippen LogP contribution in [0, 0.1) is 5.82 Å². The minimum atomic E-state index is -0.225. The van der Waals surface area contributed by atoms with Crippen LogP contribution in [0.15, 0.2) is 66.3 Å². The van der Waals surface area contributed by atoms with Crippen LogP contribution in [0.25, 0.3) is 11.4 Å². The van der Waals surface area contributed by atoms with Crippen LogP contribution in [-0.4, -0.2) is 28.9 Å². The molecule has 6 heteroatoms. The van der Waals surface area contributed by atoms with Crippen LogP contribution in [0.2, 0.25) is 0 Å². The Morgan fingerprint density at radius 3 is 2.62 bits per heavy atom. The molecule has 0 aliphatic heterocycles. The van der Waals surface area contributed by atoms with E-state index < -0.39 is 0 Å². The molecule has 26 heavy (non-hydrogen) atoms. The Morgan fingerprint density at radius 2 is 1.92 bits per heavy atom. The lowest BCUT2D eigenvalue weighted by Gasteiger charge is -2.14. The number of aromatic nitrogens is 3. The Labute approximate surface area is 157 Å². The van der Waals surface area contributed by atoms with Gasteiger partial charge >= 0.3 is 0 Å². The van der Waals surface area contributed by atoms with Gasteiger partial charge < -0.3 is 4.90 Å². The van der Waals surface area contributed by atoms with E-state index >= 15 is 0 Å². The molecule has 0 N–H and O–H groups in total. The van der Waals surface area contributed by atoms with Crippen molar-refractivity contribution in [1.82, 2.24) is 14.8 Å². The Bertz CT molecular complexity index is 887. The third-order valence-electron chi connectivity index (χ3n) is 3.93. The first-order valence-corrected chi connectivity index (χ1v) is 9.26. The second-order valence-corrected chi connectivity index (χ2v) is 7.01. The highest BCUT2D eigenvalue weighted by atomic mass is 32.2. The summed E-state index contributed by atoms with van der Waals surface area (Å²) in [4.78, 5) is 2.06. The number of hydrogen-bond donors (Lipinski definition) is 0. The van der Waals surface area contributed by atoms with E-state index in [1.165, 1.54) is 12.1 Å². The van der Waals surface area contributed by atoms with E-state index in [0.29, 0.717) is 12.3 Å². The lowest BCUT2D eigenvalue weighted by molar-refractivity contribution is 0.627. The lowest BCUT2D eigenvalue weighted by atomic mass is 10.2. The molecule has 0 fully saturated rings. The third kappa shape index (κ3) is 4.14. The molecule has 0 aliphatic carbocycles. The predicted molar refractivity (Wildman–Crippen MR) is 106 cm³/mol. The van der Waals surface area contributed by atoms with Gasteiger partial charge in [-0.3, -0.25) is 4.57 Å². The van der Waals surface area contributed by atoms with Crippen molar-refractivity contribution in [3.05, 3.63) is 72.6 Å². The first kappa shape index (κ1) is 18.2. The molecule has 2 aromatic carbocycles.